The molecular formula is C12H10ClN3S. The van der Waals surface area contributed by atoms with E-state index < -0.39 is 0 Å². The summed E-state index contributed by atoms with van der Waals surface area (Å²) in [6.07, 6.45) is 3.59. The van der Waals surface area contributed by atoms with E-state index in [1.807, 2.05) is 42.0 Å². The van der Waals surface area contributed by atoms with Gasteiger partial charge >= 0.3 is 0 Å². The molecule has 1 aromatic heterocycles. The topological polar surface area (TPSA) is 41.6 Å². The highest BCUT2D eigenvalue weighted by Gasteiger charge is 2.09. The Morgan fingerprint density at radius 3 is 2.76 bits per heavy atom. The summed E-state index contributed by atoms with van der Waals surface area (Å²) in [5.41, 5.74) is 0.986. The number of benzene rings is 1. The fourth-order valence-electron chi connectivity index (χ4n) is 1.36. The zero-order valence-corrected chi connectivity index (χ0v) is 10.7. The van der Waals surface area contributed by atoms with Crippen LogP contribution in [0.1, 0.15) is 6.92 Å². The van der Waals surface area contributed by atoms with Gasteiger partial charge in [-0.15, -0.1) is 0 Å². The van der Waals surface area contributed by atoms with Gasteiger partial charge in [0.05, 0.1) is 11.3 Å². The number of rotatable bonds is 3. The van der Waals surface area contributed by atoms with E-state index in [1.165, 1.54) is 11.8 Å². The third kappa shape index (κ3) is 2.82. The summed E-state index contributed by atoms with van der Waals surface area (Å²) in [6, 6.07) is 9.69. The monoisotopic (exact) mass is 263 g/mol. The maximum atomic E-state index is 8.81. The Kier molecular flexibility index (Phi) is 3.72. The quantitative estimate of drug-likeness (QED) is 0.796. The predicted octanol–water partition coefficient (Wildman–Crippen LogP) is 3.53. The lowest BCUT2D eigenvalue weighted by molar-refractivity contribution is 0.892. The van der Waals surface area contributed by atoms with E-state index in [-0.39, 0.29) is 5.25 Å². The molecule has 0 aliphatic rings. The number of thioether (sulfide) groups is 1. The lowest BCUT2D eigenvalue weighted by atomic mass is 10.3. The number of imidazole rings is 1. The molecule has 3 nitrogen and oxygen atoms in total. The second-order valence-corrected chi connectivity index (χ2v) is 5.19. The molecule has 1 atom stereocenters. The smallest absolute Gasteiger partial charge is 0.173 e. The highest BCUT2D eigenvalue weighted by atomic mass is 35.5. The van der Waals surface area contributed by atoms with Crippen LogP contribution in [0.5, 0.6) is 0 Å². The Balaban J connectivity index is 2.31. The molecule has 0 fully saturated rings. The molecule has 0 radical (unpaired) electrons. The molecule has 0 aliphatic carbocycles. The van der Waals surface area contributed by atoms with Crippen LogP contribution in [0.2, 0.25) is 5.02 Å². The van der Waals surface area contributed by atoms with Gasteiger partial charge in [0.1, 0.15) is 0 Å². The minimum Gasteiger partial charge on any atom is -0.295 e. The van der Waals surface area contributed by atoms with E-state index in [0.717, 1.165) is 10.8 Å². The van der Waals surface area contributed by atoms with E-state index in [4.69, 9.17) is 16.9 Å². The van der Waals surface area contributed by atoms with Crippen LogP contribution >= 0.6 is 23.4 Å². The van der Waals surface area contributed by atoms with Crippen LogP contribution in [0, 0.1) is 11.3 Å². The maximum Gasteiger partial charge on any atom is 0.173 e. The van der Waals surface area contributed by atoms with Crippen molar-refractivity contribution in [3.63, 3.8) is 0 Å². The van der Waals surface area contributed by atoms with E-state index >= 15 is 0 Å². The van der Waals surface area contributed by atoms with Crippen molar-refractivity contribution >= 4 is 23.4 Å². The Morgan fingerprint density at radius 2 is 2.12 bits per heavy atom. The van der Waals surface area contributed by atoms with Crippen molar-refractivity contribution in [2.45, 2.75) is 17.3 Å². The minimum absolute atomic E-state index is 0.122. The van der Waals surface area contributed by atoms with Gasteiger partial charge in [-0.05, 0) is 31.2 Å². The number of aromatic nitrogens is 2. The highest BCUT2D eigenvalue weighted by molar-refractivity contribution is 8.00. The first kappa shape index (κ1) is 12.0. The fraction of sp³-hybridized carbons (Fsp3) is 0.167. The van der Waals surface area contributed by atoms with Gasteiger partial charge in [-0.3, -0.25) is 4.57 Å². The van der Waals surface area contributed by atoms with Gasteiger partial charge in [0.2, 0.25) is 0 Å². The molecule has 0 amide bonds. The van der Waals surface area contributed by atoms with Crippen molar-refractivity contribution in [1.82, 2.24) is 9.55 Å². The summed E-state index contributed by atoms with van der Waals surface area (Å²) in [4.78, 5) is 4.24. The largest absolute Gasteiger partial charge is 0.295 e. The molecule has 1 heterocycles. The lowest BCUT2D eigenvalue weighted by Crippen LogP contribution is -1.98. The van der Waals surface area contributed by atoms with Crippen molar-refractivity contribution in [2.24, 2.45) is 0 Å². The summed E-state index contributed by atoms with van der Waals surface area (Å²) in [5.74, 6) is 0. The van der Waals surface area contributed by atoms with Crippen LogP contribution < -0.4 is 0 Å². The average molecular weight is 264 g/mol. The molecule has 0 aliphatic heterocycles. The first-order valence-electron chi connectivity index (χ1n) is 5.06. The first-order valence-corrected chi connectivity index (χ1v) is 6.32. The number of nitrogens with zero attached hydrogens (tertiary/aromatic N) is 3. The van der Waals surface area contributed by atoms with Gasteiger partial charge in [0.25, 0.3) is 0 Å². The normalized spacial score (nSPS) is 12.1. The van der Waals surface area contributed by atoms with Crippen LogP contribution in [0.25, 0.3) is 5.69 Å². The number of halogens is 1. The Bertz CT molecular complexity index is 542. The fourth-order valence-corrected chi connectivity index (χ4v) is 2.26. The molecule has 0 saturated carbocycles. The summed E-state index contributed by atoms with van der Waals surface area (Å²) >= 11 is 7.28. The zero-order valence-electron chi connectivity index (χ0n) is 9.17. The molecule has 1 aromatic carbocycles. The van der Waals surface area contributed by atoms with Gasteiger partial charge in [-0.2, -0.15) is 5.26 Å². The average Bonchev–Trinajstić information content (AvgIpc) is 2.78. The first-order chi connectivity index (χ1) is 8.20. The van der Waals surface area contributed by atoms with Gasteiger partial charge in [0, 0.05) is 23.1 Å². The van der Waals surface area contributed by atoms with Gasteiger partial charge in [-0.1, -0.05) is 23.4 Å². The van der Waals surface area contributed by atoms with E-state index in [9.17, 15) is 0 Å². The van der Waals surface area contributed by atoms with Crippen molar-refractivity contribution in [3.05, 3.63) is 41.7 Å². The van der Waals surface area contributed by atoms with Crippen LogP contribution in [0.15, 0.2) is 41.8 Å². The summed E-state index contributed by atoms with van der Waals surface area (Å²) in [7, 11) is 0. The van der Waals surface area contributed by atoms with Crippen molar-refractivity contribution in [2.75, 3.05) is 0 Å². The molecule has 5 heteroatoms. The van der Waals surface area contributed by atoms with E-state index in [1.54, 1.807) is 6.20 Å². The predicted molar refractivity (Wildman–Crippen MR) is 69.5 cm³/mol. The molecule has 0 saturated heterocycles. The van der Waals surface area contributed by atoms with Crippen LogP contribution in [0.4, 0.5) is 0 Å². The minimum atomic E-state index is -0.122. The molecule has 0 N–H and O–H groups in total. The molecule has 2 rings (SSSR count). The maximum absolute atomic E-state index is 8.81. The van der Waals surface area contributed by atoms with Crippen LogP contribution in [-0.2, 0) is 0 Å². The summed E-state index contributed by atoms with van der Waals surface area (Å²) in [5, 5.41) is 10.2. The zero-order chi connectivity index (χ0) is 12.3. The lowest BCUT2D eigenvalue weighted by Gasteiger charge is -2.08. The van der Waals surface area contributed by atoms with Crippen LogP contribution in [-0.4, -0.2) is 14.8 Å². The van der Waals surface area contributed by atoms with Crippen molar-refractivity contribution in [1.29, 1.82) is 5.26 Å². The summed E-state index contributed by atoms with van der Waals surface area (Å²) in [6.45, 7) is 1.85. The highest BCUT2D eigenvalue weighted by Crippen LogP contribution is 2.24. The molecular weight excluding hydrogens is 254 g/mol. The van der Waals surface area contributed by atoms with E-state index in [0.29, 0.717) is 5.02 Å². The van der Waals surface area contributed by atoms with Crippen molar-refractivity contribution in [3.8, 4) is 11.8 Å². The molecule has 2 aromatic rings. The molecule has 1 unspecified atom stereocenters. The van der Waals surface area contributed by atoms with Gasteiger partial charge < -0.3 is 0 Å². The standard InChI is InChI=1S/C12H10ClN3S/c1-9(8-14)17-12-15-6-7-16(12)11-4-2-10(13)3-5-11/h2-7,9H,1H3. The third-order valence-corrected chi connectivity index (χ3v) is 3.40. The molecule has 0 bridgehead atoms. The number of hydrogen-bond acceptors (Lipinski definition) is 3. The Labute approximate surface area is 109 Å². The second-order valence-electron chi connectivity index (χ2n) is 3.45. The Morgan fingerprint density at radius 1 is 1.41 bits per heavy atom. The second kappa shape index (κ2) is 5.26. The van der Waals surface area contributed by atoms with Gasteiger partial charge in [0.15, 0.2) is 5.16 Å². The van der Waals surface area contributed by atoms with Crippen molar-refractivity contribution < 1.29 is 0 Å². The molecule has 17 heavy (non-hydrogen) atoms. The number of hydrogen-bond donors (Lipinski definition) is 0. The Hall–Kier alpha value is -1.44. The number of nitriles is 1. The SMILES string of the molecule is CC(C#N)Sc1nccn1-c1ccc(Cl)cc1. The third-order valence-electron chi connectivity index (χ3n) is 2.18. The molecule has 86 valence electrons. The summed E-state index contributed by atoms with van der Waals surface area (Å²) < 4.78 is 1.94. The molecule has 0 spiro atoms. The van der Waals surface area contributed by atoms with E-state index in [2.05, 4.69) is 11.1 Å². The van der Waals surface area contributed by atoms with Gasteiger partial charge in [-0.25, -0.2) is 4.98 Å². The van der Waals surface area contributed by atoms with Crippen LogP contribution in [0.3, 0.4) is 0 Å².